The fourth-order valence-electron chi connectivity index (χ4n) is 1.58. The highest BCUT2D eigenvalue weighted by atomic mass is 16.6. The molecule has 3 N–H and O–H groups in total. The van der Waals surface area contributed by atoms with Gasteiger partial charge in [-0.15, -0.1) is 0 Å². The molecule has 0 aromatic heterocycles. The number of hydrogen-bond donors (Lipinski definition) is 3. The number of carboxylic acid groups (broad SMARTS) is 1. The van der Waals surface area contributed by atoms with Crippen molar-refractivity contribution in [3.05, 3.63) is 29.8 Å². The molecule has 1 rings (SSSR count). The van der Waals surface area contributed by atoms with Crippen LogP contribution in [0.2, 0.25) is 0 Å². The number of aromatic hydroxyl groups is 1. The van der Waals surface area contributed by atoms with Gasteiger partial charge in [0.05, 0.1) is 12.5 Å². The number of aliphatic carboxylic acids is 1. The van der Waals surface area contributed by atoms with Crippen LogP contribution in [0.4, 0.5) is 4.79 Å². The van der Waals surface area contributed by atoms with E-state index in [4.69, 9.17) is 9.84 Å². The average molecular weight is 281 g/mol. The van der Waals surface area contributed by atoms with Crippen molar-refractivity contribution in [3.8, 4) is 5.75 Å². The predicted octanol–water partition coefficient (Wildman–Crippen LogP) is 2.43. The summed E-state index contributed by atoms with van der Waals surface area (Å²) in [7, 11) is 0. The molecule has 0 aliphatic heterocycles. The maximum absolute atomic E-state index is 11.7. The molecular formula is C14H19NO5. The zero-order valence-corrected chi connectivity index (χ0v) is 11.7. The number of rotatable bonds is 4. The summed E-state index contributed by atoms with van der Waals surface area (Å²) in [5, 5.41) is 20.6. The number of ether oxygens (including phenoxy) is 1. The first-order valence-corrected chi connectivity index (χ1v) is 6.17. The number of carbonyl (C=O) groups is 2. The van der Waals surface area contributed by atoms with Gasteiger partial charge in [0.25, 0.3) is 0 Å². The van der Waals surface area contributed by atoms with Crippen LogP contribution in [0.5, 0.6) is 5.75 Å². The van der Waals surface area contributed by atoms with Crippen molar-refractivity contribution in [1.29, 1.82) is 0 Å². The van der Waals surface area contributed by atoms with E-state index in [0.717, 1.165) is 0 Å². The highest BCUT2D eigenvalue weighted by molar-refractivity contribution is 5.72. The fraction of sp³-hybridized carbons (Fsp3) is 0.429. The van der Waals surface area contributed by atoms with E-state index in [1.54, 1.807) is 32.9 Å². The SMILES string of the molecule is CC(C)(C)OC(=O)N[C@H](CC(=O)O)c1ccc(O)cc1. The Balaban J connectivity index is 2.82. The Kier molecular flexibility index (Phi) is 4.96. The van der Waals surface area contributed by atoms with Crippen LogP contribution < -0.4 is 5.32 Å². The summed E-state index contributed by atoms with van der Waals surface area (Å²) in [5.74, 6) is -0.973. The molecule has 0 saturated carbocycles. The first-order valence-electron chi connectivity index (χ1n) is 6.17. The van der Waals surface area contributed by atoms with Crippen molar-refractivity contribution in [2.24, 2.45) is 0 Å². The molecular weight excluding hydrogens is 262 g/mol. The molecule has 0 aliphatic rings. The number of benzene rings is 1. The Morgan fingerprint density at radius 3 is 2.25 bits per heavy atom. The molecule has 0 spiro atoms. The van der Waals surface area contributed by atoms with Crippen LogP contribution >= 0.6 is 0 Å². The summed E-state index contributed by atoms with van der Waals surface area (Å²) in [4.78, 5) is 22.6. The largest absolute Gasteiger partial charge is 0.508 e. The Labute approximate surface area is 117 Å². The van der Waals surface area contributed by atoms with Gasteiger partial charge >= 0.3 is 12.1 Å². The second kappa shape index (κ2) is 6.27. The van der Waals surface area contributed by atoms with E-state index in [2.05, 4.69) is 5.32 Å². The van der Waals surface area contributed by atoms with Crippen LogP contribution in [0, 0.1) is 0 Å². The zero-order valence-electron chi connectivity index (χ0n) is 11.7. The van der Waals surface area contributed by atoms with Gasteiger partial charge in [0, 0.05) is 0 Å². The molecule has 110 valence electrons. The van der Waals surface area contributed by atoms with Gasteiger partial charge in [0.1, 0.15) is 11.4 Å². The molecule has 0 unspecified atom stereocenters. The molecule has 0 bridgehead atoms. The summed E-state index contributed by atoms with van der Waals surface area (Å²) in [6, 6.07) is 5.26. The van der Waals surface area contributed by atoms with Gasteiger partial charge < -0.3 is 20.3 Å². The van der Waals surface area contributed by atoms with Crippen LogP contribution in [0.15, 0.2) is 24.3 Å². The fourth-order valence-corrected chi connectivity index (χ4v) is 1.58. The maximum atomic E-state index is 11.7. The van der Waals surface area contributed by atoms with Gasteiger partial charge in [0.15, 0.2) is 0 Å². The molecule has 6 heteroatoms. The second-order valence-corrected chi connectivity index (χ2v) is 5.39. The van der Waals surface area contributed by atoms with Gasteiger partial charge in [0.2, 0.25) is 0 Å². The summed E-state index contributed by atoms with van der Waals surface area (Å²) >= 11 is 0. The number of nitrogens with one attached hydrogen (secondary N) is 1. The number of carbonyl (C=O) groups excluding carboxylic acids is 1. The molecule has 20 heavy (non-hydrogen) atoms. The Morgan fingerprint density at radius 1 is 1.25 bits per heavy atom. The van der Waals surface area contributed by atoms with E-state index in [1.807, 2.05) is 0 Å². The lowest BCUT2D eigenvalue weighted by Crippen LogP contribution is -2.35. The normalized spacial score (nSPS) is 12.6. The maximum Gasteiger partial charge on any atom is 0.408 e. The van der Waals surface area contributed by atoms with Gasteiger partial charge in [-0.3, -0.25) is 4.79 Å². The minimum Gasteiger partial charge on any atom is -0.508 e. The minimum atomic E-state index is -1.04. The van der Waals surface area contributed by atoms with E-state index in [9.17, 15) is 14.7 Å². The predicted molar refractivity (Wildman–Crippen MR) is 72.5 cm³/mol. The van der Waals surface area contributed by atoms with E-state index < -0.39 is 23.7 Å². The molecule has 1 atom stereocenters. The van der Waals surface area contributed by atoms with E-state index in [0.29, 0.717) is 5.56 Å². The van der Waals surface area contributed by atoms with Crippen LogP contribution in [-0.4, -0.2) is 27.9 Å². The van der Waals surface area contributed by atoms with Gasteiger partial charge in [-0.25, -0.2) is 4.79 Å². The summed E-state index contributed by atoms with van der Waals surface area (Å²) in [5.41, 5.74) is -0.0802. The van der Waals surface area contributed by atoms with Crippen molar-refractivity contribution >= 4 is 12.1 Å². The third-order valence-electron chi connectivity index (χ3n) is 2.37. The van der Waals surface area contributed by atoms with Crippen molar-refractivity contribution in [1.82, 2.24) is 5.32 Å². The lowest BCUT2D eigenvalue weighted by Gasteiger charge is -2.23. The monoisotopic (exact) mass is 281 g/mol. The number of carboxylic acids is 1. The molecule has 1 aromatic rings. The van der Waals surface area contributed by atoms with Crippen molar-refractivity contribution in [2.75, 3.05) is 0 Å². The van der Waals surface area contributed by atoms with Gasteiger partial charge in [-0.05, 0) is 38.5 Å². The quantitative estimate of drug-likeness (QED) is 0.787. The molecule has 0 saturated heterocycles. The lowest BCUT2D eigenvalue weighted by molar-refractivity contribution is -0.137. The topological polar surface area (TPSA) is 95.9 Å². The summed E-state index contributed by atoms with van der Waals surface area (Å²) in [6.07, 6.45) is -0.957. The van der Waals surface area contributed by atoms with Crippen molar-refractivity contribution in [2.45, 2.75) is 38.8 Å². The summed E-state index contributed by atoms with van der Waals surface area (Å²) in [6.45, 7) is 5.16. The highest BCUT2D eigenvalue weighted by Gasteiger charge is 2.22. The molecule has 1 aromatic carbocycles. The van der Waals surface area contributed by atoms with Crippen LogP contribution in [0.3, 0.4) is 0 Å². The van der Waals surface area contributed by atoms with Gasteiger partial charge in [-0.2, -0.15) is 0 Å². The number of amides is 1. The summed E-state index contributed by atoms with van der Waals surface area (Å²) < 4.78 is 5.10. The second-order valence-electron chi connectivity index (χ2n) is 5.39. The third-order valence-corrected chi connectivity index (χ3v) is 2.37. The number of phenolic OH excluding ortho intramolecular Hbond substituents is 1. The molecule has 1 amide bonds. The Hall–Kier alpha value is -2.24. The standard InChI is InChI=1S/C14H19NO5/c1-14(2,3)20-13(19)15-11(8-12(17)18)9-4-6-10(16)7-5-9/h4-7,11,16H,8H2,1-3H3,(H,15,19)(H,17,18)/t11-/m1/s1. The molecule has 0 aliphatic carbocycles. The average Bonchev–Trinajstić information content (AvgIpc) is 2.25. The van der Waals surface area contributed by atoms with Crippen molar-refractivity contribution < 1.29 is 24.5 Å². The van der Waals surface area contributed by atoms with Crippen LogP contribution in [0.1, 0.15) is 38.8 Å². The smallest absolute Gasteiger partial charge is 0.408 e. The van der Waals surface area contributed by atoms with E-state index in [1.165, 1.54) is 12.1 Å². The highest BCUT2D eigenvalue weighted by Crippen LogP contribution is 2.20. The van der Waals surface area contributed by atoms with E-state index >= 15 is 0 Å². The van der Waals surface area contributed by atoms with E-state index in [-0.39, 0.29) is 12.2 Å². The molecule has 0 fully saturated rings. The first kappa shape index (κ1) is 15.8. The first-order chi connectivity index (χ1) is 9.17. The Bertz CT molecular complexity index is 475. The van der Waals surface area contributed by atoms with Crippen LogP contribution in [0.25, 0.3) is 0 Å². The third kappa shape index (κ3) is 5.60. The molecule has 0 heterocycles. The molecule has 0 radical (unpaired) electrons. The molecule has 6 nitrogen and oxygen atoms in total. The minimum absolute atomic E-state index is 0.0695. The zero-order chi connectivity index (χ0) is 15.3. The van der Waals surface area contributed by atoms with Crippen LogP contribution in [-0.2, 0) is 9.53 Å². The lowest BCUT2D eigenvalue weighted by atomic mass is 10.0. The van der Waals surface area contributed by atoms with Gasteiger partial charge in [-0.1, -0.05) is 12.1 Å². The van der Waals surface area contributed by atoms with Crippen molar-refractivity contribution in [3.63, 3.8) is 0 Å². The number of phenols is 1. The number of alkyl carbamates (subject to hydrolysis) is 1. The number of hydrogen-bond acceptors (Lipinski definition) is 4. The Morgan fingerprint density at radius 2 is 1.80 bits per heavy atom.